The lowest BCUT2D eigenvalue weighted by Crippen LogP contribution is -2.53. The number of aromatic nitrogens is 5. The minimum absolute atomic E-state index is 0.141. The first-order valence-corrected chi connectivity index (χ1v) is 15.2. The maximum absolute atomic E-state index is 15.8. The van der Waals surface area contributed by atoms with Crippen molar-refractivity contribution < 1.29 is 18.7 Å². The van der Waals surface area contributed by atoms with Crippen molar-refractivity contribution in [1.29, 1.82) is 0 Å². The molecule has 1 atom stereocenters. The Hall–Kier alpha value is -5.72. The molecule has 0 saturated carbocycles. The second kappa shape index (κ2) is 13.3. The van der Waals surface area contributed by atoms with E-state index in [2.05, 4.69) is 35.6 Å². The van der Waals surface area contributed by atoms with Gasteiger partial charge in [-0.1, -0.05) is 0 Å². The summed E-state index contributed by atoms with van der Waals surface area (Å²) in [5.74, 6) is -0.221. The van der Waals surface area contributed by atoms with E-state index in [1.807, 2.05) is 24.3 Å². The number of halogens is 1. The van der Waals surface area contributed by atoms with Crippen LogP contribution in [-0.2, 0) is 4.74 Å². The van der Waals surface area contributed by atoms with Crippen molar-refractivity contribution >= 4 is 51.9 Å². The molecule has 2 amide bonds. The molecule has 0 bridgehead atoms. The Morgan fingerprint density at radius 3 is 2.15 bits per heavy atom. The topological polar surface area (TPSA) is 138 Å². The third-order valence-electron chi connectivity index (χ3n) is 7.45. The van der Waals surface area contributed by atoms with Crippen molar-refractivity contribution in [3.05, 3.63) is 97.0 Å². The van der Waals surface area contributed by atoms with Crippen LogP contribution in [0.15, 0.2) is 85.6 Å². The van der Waals surface area contributed by atoms with Gasteiger partial charge in [-0.3, -0.25) is 9.69 Å². The molecule has 3 aromatic heterocycles. The Balaban J connectivity index is 1.37. The first-order valence-electron chi connectivity index (χ1n) is 15.2. The zero-order valence-corrected chi connectivity index (χ0v) is 26.2. The molecule has 1 saturated heterocycles. The number of amides is 2. The molecule has 0 unspecified atom stereocenters. The SMILES string of the molecule is CC(C)(C)OC(=O)N1CCC[C@@H](N(C(=O)c2ccc(Nc3ncccn3)cc2F)c2nccc3cc(Nc4ncccn4)ccc23)C1. The fraction of sp³-hybridized carbons (Fsp3) is 0.265. The van der Waals surface area contributed by atoms with Crippen LogP contribution in [0.4, 0.5) is 38.3 Å². The zero-order valence-electron chi connectivity index (χ0n) is 26.2. The highest BCUT2D eigenvalue weighted by Crippen LogP contribution is 2.33. The van der Waals surface area contributed by atoms with Crippen molar-refractivity contribution in [2.24, 2.45) is 0 Å². The van der Waals surface area contributed by atoms with Crippen LogP contribution in [0.1, 0.15) is 44.0 Å². The average Bonchev–Trinajstić information content (AvgIpc) is 3.05. The van der Waals surface area contributed by atoms with Crippen LogP contribution in [0.25, 0.3) is 10.8 Å². The molecule has 1 aliphatic heterocycles. The lowest BCUT2D eigenvalue weighted by molar-refractivity contribution is 0.0196. The molecule has 0 spiro atoms. The largest absolute Gasteiger partial charge is 0.444 e. The highest BCUT2D eigenvalue weighted by molar-refractivity contribution is 6.10. The monoisotopic (exact) mass is 635 g/mol. The van der Waals surface area contributed by atoms with Crippen LogP contribution in [0, 0.1) is 5.82 Å². The summed E-state index contributed by atoms with van der Waals surface area (Å²) < 4.78 is 21.4. The lowest BCUT2D eigenvalue weighted by Gasteiger charge is -2.39. The van der Waals surface area contributed by atoms with Crippen LogP contribution in [0.2, 0.25) is 0 Å². The van der Waals surface area contributed by atoms with Crippen LogP contribution in [0.5, 0.6) is 0 Å². The number of carbonyl (C=O) groups is 2. The molecule has 2 N–H and O–H groups in total. The quantitative estimate of drug-likeness (QED) is 0.204. The van der Waals surface area contributed by atoms with Gasteiger partial charge in [0, 0.05) is 60.8 Å². The van der Waals surface area contributed by atoms with Gasteiger partial charge < -0.3 is 20.3 Å². The molecule has 1 fully saturated rings. The van der Waals surface area contributed by atoms with Gasteiger partial charge in [0.1, 0.15) is 17.2 Å². The van der Waals surface area contributed by atoms with Crippen LogP contribution < -0.4 is 15.5 Å². The third-order valence-corrected chi connectivity index (χ3v) is 7.45. The molecule has 6 rings (SSSR count). The Bertz CT molecular complexity index is 1890. The number of piperidine rings is 1. The van der Waals surface area contributed by atoms with Crippen molar-refractivity contribution in [2.75, 3.05) is 28.6 Å². The fourth-order valence-corrected chi connectivity index (χ4v) is 5.41. The fourth-order valence-electron chi connectivity index (χ4n) is 5.41. The molecule has 0 aliphatic carbocycles. The number of hydrogen-bond acceptors (Lipinski definition) is 10. The number of fused-ring (bicyclic) bond motifs is 1. The van der Waals surface area contributed by atoms with Crippen LogP contribution in [-0.4, -0.2) is 66.6 Å². The number of rotatable bonds is 7. The molecule has 2 aromatic carbocycles. The number of carbonyl (C=O) groups excluding carboxylic acids is 2. The maximum Gasteiger partial charge on any atom is 0.410 e. The van der Waals surface area contributed by atoms with Gasteiger partial charge in [-0.2, -0.15) is 0 Å². The van der Waals surface area contributed by atoms with Crippen molar-refractivity contribution in [2.45, 2.75) is 45.3 Å². The Labute approximate surface area is 271 Å². The van der Waals surface area contributed by atoms with Crippen molar-refractivity contribution in [3.63, 3.8) is 0 Å². The highest BCUT2D eigenvalue weighted by Gasteiger charge is 2.36. The molecular weight excluding hydrogens is 601 g/mol. The summed E-state index contributed by atoms with van der Waals surface area (Å²) >= 11 is 0. The molecule has 5 aromatic rings. The van der Waals surface area contributed by atoms with Gasteiger partial charge in [0.05, 0.1) is 11.6 Å². The summed E-state index contributed by atoms with van der Waals surface area (Å²) in [4.78, 5) is 51.9. The van der Waals surface area contributed by atoms with E-state index in [-0.39, 0.29) is 12.1 Å². The Kier molecular flexibility index (Phi) is 8.87. The lowest BCUT2D eigenvalue weighted by atomic mass is 10.0. The van der Waals surface area contributed by atoms with Gasteiger partial charge in [0.2, 0.25) is 11.9 Å². The number of benzene rings is 2. The van der Waals surface area contributed by atoms with Crippen LogP contribution in [0.3, 0.4) is 0 Å². The molecule has 4 heterocycles. The second-order valence-corrected chi connectivity index (χ2v) is 12.1. The van der Waals surface area contributed by atoms with Crippen molar-refractivity contribution in [3.8, 4) is 0 Å². The molecule has 1 aliphatic rings. The third kappa shape index (κ3) is 7.40. The van der Waals surface area contributed by atoms with Crippen molar-refractivity contribution in [1.82, 2.24) is 29.8 Å². The number of hydrogen-bond donors (Lipinski definition) is 2. The van der Waals surface area contributed by atoms with Gasteiger partial charge >= 0.3 is 6.09 Å². The second-order valence-electron chi connectivity index (χ2n) is 12.1. The van der Waals surface area contributed by atoms with E-state index >= 15 is 4.39 Å². The van der Waals surface area contributed by atoms with E-state index in [1.165, 1.54) is 17.0 Å². The van der Waals surface area contributed by atoms with E-state index in [1.54, 1.807) is 74.9 Å². The number of nitrogens with one attached hydrogen (secondary N) is 2. The first kappa shape index (κ1) is 31.3. The van der Waals surface area contributed by atoms with Crippen LogP contribution >= 0.6 is 0 Å². The Morgan fingerprint density at radius 2 is 1.51 bits per heavy atom. The van der Waals surface area contributed by atoms with Gasteiger partial charge in [0.15, 0.2) is 0 Å². The molecule has 13 heteroatoms. The number of ether oxygens (including phenoxy) is 1. The van der Waals surface area contributed by atoms with Gasteiger partial charge in [-0.25, -0.2) is 34.1 Å². The predicted octanol–water partition coefficient (Wildman–Crippen LogP) is 6.49. The molecule has 240 valence electrons. The average molecular weight is 636 g/mol. The predicted molar refractivity (Wildman–Crippen MR) is 176 cm³/mol. The number of pyridine rings is 1. The van der Waals surface area contributed by atoms with E-state index in [0.717, 1.165) is 11.1 Å². The summed E-state index contributed by atoms with van der Waals surface area (Å²) in [6.45, 7) is 6.08. The van der Waals surface area contributed by atoms with E-state index in [9.17, 15) is 9.59 Å². The van der Waals surface area contributed by atoms with Gasteiger partial charge in [0.25, 0.3) is 5.91 Å². The number of likely N-dealkylation sites (tertiary alicyclic amines) is 1. The Morgan fingerprint density at radius 1 is 0.872 bits per heavy atom. The molecule has 0 radical (unpaired) electrons. The molecular formula is C34H34FN9O3. The molecule has 12 nitrogen and oxygen atoms in total. The van der Waals surface area contributed by atoms with Gasteiger partial charge in [-0.15, -0.1) is 0 Å². The maximum atomic E-state index is 15.8. The minimum atomic E-state index is -0.727. The number of anilines is 5. The normalized spacial score (nSPS) is 14.8. The van der Waals surface area contributed by atoms with Gasteiger partial charge in [-0.05, 0) is 93.6 Å². The van der Waals surface area contributed by atoms with E-state index in [0.29, 0.717) is 48.2 Å². The first-order chi connectivity index (χ1) is 22.6. The smallest absolute Gasteiger partial charge is 0.410 e. The summed E-state index contributed by atoms with van der Waals surface area (Å²) in [5.41, 5.74) is 0.300. The standard InChI is InChI=1S/C34H34FN9O3/c1-34(2,3)47-33(46)43-18-4-7-25(21-43)44(30(45)27-11-9-24(20-28(27)35)42-32-39-15-6-16-40-32)29-26-10-8-23(19-22(26)12-17-36-29)41-31-37-13-5-14-38-31/h5-6,8-17,19-20,25H,4,7,18,21H2,1-3H3,(H,37,38,41)(H,39,40,42)/t25-/m1/s1. The highest BCUT2D eigenvalue weighted by atomic mass is 19.1. The minimum Gasteiger partial charge on any atom is -0.444 e. The summed E-state index contributed by atoms with van der Waals surface area (Å²) in [6, 6.07) is 14.6. The summed E-state index contributed by atoms with van der Waals surface area (Å²) in [7, 11) is 0. The summed E-state index contributed by atoms with van der Waals surface area (Å²) in [6.07, 6.45) is 8.75. The van der Waals surface area contributed by atoms with E-state index in [4.69, 9.17) is 4.74 Å². The zero-order chi connectivity index (χ0) is 33.0. The molecule has 47 heavy (non-hydrogen) atoms. The summed E-state index contributed by atoms with van der Waals surface area (Å²) in [5, 5.41) is 7.59. The van der Waals surface area contributed by atoms with E-state index < -0.39 is 29.5 Å². The number of nitrogens with zero attached hydrogens (tertiary/aromatic N) is 7.